The summed E-state index contributed by atoms with van der Waals surface area (Å²) in [5.41, 5.74) is 0.830. The van der Waals surface area contributed by atoms with Crippen molar-refractivity contribution in [3.8, 4) is 0 Å². The molecule has 1 amide bonds. The van der Waals surface area contributed by atoms with Gasteiger partial charge in [0.05, 0.1) is 24.1 Å². The Balaban J connectivity index is 2.03. The second-order valence-corrected chi connectivity index (χ2v) is 5.26. The minimum absolute atomic E-state index is 0.0726. The highest BCUT2D eigenvalue weighted by atomic mass is 32.1. The highest BCUT2D eigenvalue weighted by Crippen LogP contribution is 2.17. The molecular formula is C14H12N2O5S. The van der Waals surface area contributed by atoms with E-state index in [1.165, 1.54) is 6.07 Å². The Morgan fingerprint density at radius 3 is 2.55 bits per heavy atom. The Morgan fingerprint density at radius 1 is 1.14 bits per heavy atom. The van der Waals surface area contributed by atoms with Gasteiger partial charge < -0.3 is 15.5 Å². The van der Waals surface area contributed by atoms with E-state index >= 15 is 0 Å². The quantitative estimate of drug-likeness (QED) is 0.745. The zero-order valence-electron chi connectivity index (χ0n) is 11.3. The summed E-state index contributed by atoms with van der Waals surface area (Å²) in [6.45, 7) is 0. The van der Waals surface area contributed by atoms with Gasteiger partial charge in [0.25, 0.3) is 0 Å². The number of rotatable bonds is 6. The number of carbonyl (C=O) groups is 3. The van der Waals surface area contributed by atoms with Crippen molar-refractivity contribution in [3.63, 3.8) is 0 Å². The van der Waals surface area contributed by atoms with Crippen molar-refractivity contribution >= 4 is 34.3 Å². The summed E-state index contributed by atoms with van der Waals surface area (Å²) in [6.07, 6.45) is -0.315. The van der Waals surface area contributed by atoms with Crippen molar-refractivity contribution < 1.29 is 24.6 Å². The highest BCUT2D eigenvalue weighted by molar-refractivity contribution is 7.13. The van der Waals surface area contributed by atoms with Gasteiger partial charge in [-0.3, -0.25) is 9.59 Å². The lowest BCUT2D eigenvalue weighted by atomic mass is 10.0. The first-order valence-corrected chi connectivity index (χ1v) is 7.11. The molecule has 0 aliphatic rings. The lowest BCUT2D eigenvalue weighted by Crippen LogP contribution is -2.16. The molecule has 0 unspecified atom stereocenters. The Morgan fingerprint density at radius 2 is 1.86 bits per heavy atom. The Bertz CT molecular complexity index is 726. The molecule has 1 aromatic heterocycles. The maximum Gasteiger partial charge on any atom is 0.335 e. The molecule has 8 heteroatoms. The largest absolute Gasteiger partial charge is 0.481 e. The van der Waals surface area contributed by atoms with Gasteiger partial charge in [-0.05, 0) is 11.6 Å². The van der Waals surface area contributed by atoms with Crippen LogP contribution in [0.3, 0.4) is 0 Å². The van der Waals surface area contributed by atoms with Crippen molar-refractivity contribution in [1.29, 1.82) is 0 Å². The van der Waals surface area contributed by atoms with Crippen LogP contribution in [0.5, 0.6) is 0 Å². The predicted molar refractivity (Wildman–Crippen MR) is 79.2 cm³/mol. The molecule has 0 saturated carbocycles. The smallest absolute Gasteiger partial charge is 0.335 e. The van der Waals surface area contributed by atoms with E-state index in [2.05, 4.69) is 10.3 Å². The lowest BCUT2D eigenvalue weighted by Gasteiger charge is -2.05. The monoisotopic (exact) mass is 320 g/mol. The molecule has 0 saturated heterocycles. The number of nitrogens with zero attached hydrogens (tertiary/aromatic N) is 1. The molecule has 2 aromatic rings. The molecule has 0 atom stereocenters. The summed E-state index contributed by atoms with van der Waals surface area (Å²) >= 11 is 1.12. The maximum absolute atomic E-state index is 11.9. The van der Waals surface area contributed by atoms with E-state index in [0.717, 1.165) is 11.3 Å². The minimum Gasteiger partial charge on any atom is -0.481 e. The molecule has 2 rings (SSSR count). The van der Waals surface area contributed by atoms with Gasteiger partial charge in [-0.1, -0.05) is 18.2 Å². The Labute approximate surface area is 129 Å². The van der Waals surface area contributed by atoms with Gasteiger partial charge in [-0.25, -0.2) is 9.78 Å². The summed E-state index contributed by atoms with van der Waals surface area (Å²) in [4.78, 5) is 37.5. The van der Waals surface area contributed by atoms with Gasteiger partial charge in [0.15, 0.2) is 5.13 Å². The number of aromatic nitrogens is 1. The number of benzene rings is 1. The number of carboxylic acids is 2. The molecule has 1 heterocycles. The SMILES string of the molecule is O=C(O)Cc1csc(NC(=O)Cc2ccccc2C(=O)O)n1. The molecule has 0 radical (unpaired) electrons. The van der Waals surface area contributed by atoms with Crippen LogP contribution in [-0.2, 0) is 22.4 Å². The van der Waals surface area contributed by atoms with Crippen LogP contribution >= 0.6 is 11.3 Å². The van der Waals surface area contributed by atoms with E-state index in [1.54, 1.807) is 23.6 Å². The molecule has 0 fully saturated rings. The van der Waals surface area contributed by atoms with E-state index in [4.69, 9.17) is 10.2 Å². The summed E-state index contributed by atoms with van der Waals surface area (Å²) < 4.78 is 0. The molecular weight excluding hydrogens is 308 g/mol. The van der Waals surface area contributed by atoms with Crippen molar-refractivity contribution in [1.82, 2.24) is 4.98 Å². The fourth-order valence-corrected chi connectivity index (χ4v) is 2.55. The van der Waals surface area contributed by atoms with Crippen molar-refractivity contribution in [2.45, 2.75) is 12.8 Å². The van der Waals surface area contributed by atoms with Gasteiger partial charge in [0.2, 0.25) is 5.91 Å². The summed E-state index contributed by atoms with van der Waals surface area (Å²) in [5, 5.41) is 22.1. The number of amides is 1. The van der Waals surface area contributed by atoms with Crippen LogP contribution in [0.4, 0.5) is 5.13 Å². The first kappa shape index (κ1) is 15.6. The summed E-state index contributed by atoms with van der Waals surface area (Å²) in [6, 6.07) is 6.24. The van der Waals surface area contributed by atoms with Crippen LogP contribution in [0.15, 0.2) is 29.6 Å². The summed E-state index contributed by atoms with van der Waals surface area (Å²) in [7, 11) is 0. The second kappa shape index (κ2) is 6.81. The average Bonchev–Trinajstić information content (AvgIpc) is 2.85. The molecule has 7 nitrogen and oxygen atoms in total. The predicted octanol–water partition coefficient (Wildman–Crippen LogP) is 1.65. The molecule has 1 aromatic carbocycles. The number of hydrogen-bond donors (Lipinski definition) is 3. The van der Waals surface area contributed by atoms with E-state index in [-0.39, 0.29) is 23.5 Å². The Kier molecular flexibility index (Phi) is 4.84. The molecule has 0 spiro atoms. The number of anilines is 1. The van der Waals surface area contributed by atoms with Crippen molar-refractivity contribution in [2.75, 3.05) is 5.32 Å². The van der Waals surface area contributed by atoms with Crippen LogP contribution in [0.2, 0.25) is 0 Å². The van der Waals surface area contributed by atoms with Crippen molar-refractivity contribution in [3.05, 3.63) is 46.5 Å². The zero-order valence-corrected chi connectivity index (χ0v) is 12.1. The third-order valence-electron chi connectivity index (χ3n) is 2.73. The van der Waals surface area contributed by atoms with E-state index in [0.29, 0.717) is 11.3 Å². The van der Waals surface area contributed by atoms with Crippen molar-refractivity contribution in [2.24, 2.45) is 0 Å². The Hall–Kier alpha value is -2.74. The van der Waals surface area contributed by atoms with Gasteiger partial charge in [-0.15, -0.1) is 11.3 Å². The maximum atomic E-state index is 11.9. The standard InChI is InChI=1S/C14H12N2O5S/c17-11(5-8-3-1-2-4-10(8)13(20)21)16-14-15-9(7-22-14)6-12(18)19/h1-4,7H,5-6H2,(H,18,19)(H,20,21)(H,15,16,17). The normalized spacial score (nSPS) is 10.2. The topological polar surface area (TPSA) is 117 Å². The van der Waals surface area contributed by atoms with Gasteiger partial charge in [0.1, 0.15) is 0 Å². The number of aromatic carboxylic acids is 1. The van der Waals surface area contributed by atoms with Gasteiger partial charge in [0, 0.05) is 5.38 Å². The number of carbonyl (C=O) groups excluding carboxylic acids is 1. The molecule has 0 bridgehead atoms. The molecule has 22 heavy (non-hydrogen) atoms. The molecule has 3 N–H and O–H groups in total. The number of thiazole rings is 1. The van der Waals surface area contributed by atoms with E-state index in [9.17, 15) is 14.4 Å². The molecule has 0 aliphatic carbocycles. The average molecular weight is 320 g/mol. The van der Waals surface area contributed by atoms with E-state index in [1.807, 2.05) is 0 Å². The van der Waals surface area contributed by atoms with Crippen LogP contribution in [0.1, 0.15) is 21.6 Å². The number of hydrogen-bond acceptors (Lipinski definition) is 5. The third kappa shape index (κ3) is 4.13. The second-order valence-electron chi connectivity index (χ2n) is 4.40. The van der Waals surface area contributed by atoms with Crippen LogP contribution in [0, 0.1) is 0 Å². The molecule has 114 valence electrons. The van der Waals surface area contributed by atoms with E-state index < -0.39 is 17.8 Å². The fraction of sp³-hybridized carbons (Fsp3) is 0.143. The van der Waals surface area contributed by atoms with Crippen LogP contribution < -0.4 is 5.32 Å². The van der Waals surface area contributed by atoms with Crippen LogP contribution in [0.25, 0.3) is 0 Å². The lowest BCUT2D eigenvalue weighted by molar-refractivity contribution is -0.136. The number of nitrogens with one attached hydrogen (secondary N) is 1. The fourth-order valence-electron chi connectivity index (χ4n) is 1.82. The number of carboxylic acid groups (broad SMARTS) is 2. The van der Waals surface area contributed by atoms with Gasteiger partial charge in [-0.2, -0.15) is 0 Å². The first-order chi connectivity index (χ1) is 10.5. The first-order valence-electron chi connectivity index (χ1n) is 6.23. The summed E-state index contributed by atoms with van der Waals surface area (Å²) in [5.74, 6) is -2.51. The minimum atomic E-state index is -1.10. The van der Waals surface area contributed by atoms with Crippen LogP contribution in [-0.4, -0.2) is 33.0 Å². The van der Waals surface area contributed by atoms with Gasteiger partial charge >= 0.3 is 11.9 Å². The molecule has 0 aliphatic heterocycles. The highest BCUT2D eigenvalue weighted by Gasteiger charge is 2.14. The third-order valence-corrected chi connectivity index (χ3v) is 3.54. The number of aliphatic carboxylic acids is 1. The zero-order chi connectivity index (χ0) is 16.1.